The predicted molar refractivity (Wildman–Crippen MR) is 91.1 cm³/mol. The summed E-state index contributed by atoms with van der Waals surface area (Å²) in [5.41, 5.74) is -2.72. The van der Waals surface area contributed by atoms with Crippen LogP contribution in [0.5, 0.6) is 11.6 Å². The van der Waals surface area contributed by atoms with E-state index in [0.717, 1.165) is 6.20 Å². The number of nitrogens with zero attached hydrogens (tertiary/aromatic N) is 2. The van der Waals surface area contributed by atoms with E-state index in [9.17, 15) is 28.4 Å². The van der Waals surface area contributed by atoms with Crippen LogP contribution in [0.25, 0.3) is 0 Å². The lowest BCUT2D eigenvalue weighted by atomic mass is 9.93. The van der Waals surface area contributed by atoms with Crippen molar-refractivity contribution in [2.75, 3.05) is 4.90 Å². The number of halogens is 1. The van der Waals surface area contributed by atoms with E-state index in [1.807, 2.05) is 5.32 Å². The molecule has 2 fully saturated rings. The van der Waals surface area contributed by atoms with E-state index in [1.165, 1.54) is 36.4 Å². The maximum atomic E-state index is 13.0. The molecule has 4 rings (SSSR count). The molecule has 2 aromatic rings. The van der Waals surface area contributed by atoms with Crippen LogP contribution in [-0.4, -0.2) is 40.3 Å². The second-order valence-electron chi connectivity index (χ2n) is 5.95. The van der Waals surface area contributed by atoms with Crippen molar-refractivity contribution >= 4 is 35.5 Å². The molecule has 2 aliphatic rings. The molecule has 0 saturated carbocycles. The van der Waals surface area contributed by atoms with Crippen LogP contribution < -0.4 is 25.6 Å². The normalized spacial score (nSPS) is 17.8. The number of ether oxygens (including phenoxy) is 1. The second-order valence-corrected chi connectivity index (χ2v) is 5.95. The molecule has 0 atom stereocenters. The smallest absolute Gasteiger partial charge is 0.330 e. The summed E-state index contributed by atoms with van der Waals surface area (Å²) in [6.07, 6.45) is 1.09. The first kappa shape index (κ1) is 18.0. The van der Waals surface area contributed by atoms with E-state index in [4.69, 9.17) is 4.74 Å². The molecule has 29 heavy (non-hydrogen) atoms. The zero-order chi connectivity index (χ0) is 20.8. The fourth-order valence-corrected chi connectivity index (χ4v) is 2.93. The van der Waals surface area contributed by atoms with Crippen LogP contribution in [0.15, 0.2) is 42.6 Å². The number of pyridine rings is 1. The maximum Gasteiger partial charge on any atom is 0.330 e. The Balaban J connectivity index is 1.67. The minimum atomic E-state index is -2.63. The molecule has 11 nitrogen and oxygen atoms in total. The number of carbonyl (C=O) groups excluding carboxylic acids is 5. The highest BCUT2D eigenvalue weighted by Gasteiger charge is 2.67. The Kier molecular flexibility index (Phi) is 3.96. The molecule has 1 spiro atoms. The van der Waals surface area contributed by atoms with Crippen molar-refractivity contribution in [3.8, 4) is 11.6 Å². The number of hydrogen-bond donors (Lipinski definition) is 3. The van der Waals surface area contributed by atoms with Crippen molar-refractivity contribution in [2.24, 2.45) is 0 Å². The molecule has 3 N–H and O–H groups in total. The van der Waals surface area contributed by atoms with E-state index in [2.05, 4.69) is 4.98 Å². The standard InChI is InChI=1S/C17H10FN5O6/c18-8-1-4-10(5-2-8)29-11-6-3-9(7-19-11)23-16(28)22-14(26)17(23)12(24)20-15(27)21-13(17)25/h1-7H,(H,22,26,28)(H2,20,21,24,25,27). The molecule has 7 amide bonds. The summed E-state index contributed by atoms with van der Waals surface area (Å²) < 4.78 is 18.4. The van der Waals surface area contributed by atoms with Crippen molar-refractivity contribution in [1.29, 1.82) is 0 Å². The lowest BCUT2D eigenvalue weighted by Crippen LogP contribution is -2.74. The Morgan fingerprint density at radius 2 is 1.48 bits per heavy atom. The fraction of sp³-hybridized carbons (Fsp3) is 0.0588. The fourth-order valence-electron chi connectivity index (χ4n) is 2.93. The second kappa shape index (κ2) is 6.37. The van der Waals surface area contributed by atoms with E-state index in [1.54, 1.807) is 10.6 Å². The average molecular weight is 399 g/mol. The van der Waals surface area contributed by atoms with Gasteiger partial charge in [0.2, 0.25) is 5.88 Å². The molecule has 12 heteroatoms. The highest BCUT2D eigenvalue weighted by Crippen LogP contribution is 2.32. The van der Waals surface area contributed by atoms with Crippen molar-refractivity contribution in [1.82, 2.24) is 20.9 Å². The highest BCUT2D eigenvalue weighted by molar-refractivity contribution is 6.43. The van der Waals surface area contributed by atoms with Crippen molar-refractivity contribution < 1.29 is 33.1 Å². The number of imide groups is 3. The van der Waals surface area contributed by atoms with Crippen LogP contribution in [0.1, 0.15) is 0 Å². The van der Waals surface area contributed by atoms with Gasteiger partial charge in [-0.15, -0.1) is 0 Å². The van der Waals surface area contributed by atoms with Gasteiger partial charge in [-0.05, 0) is 30.3 Å². The summed E-state index contributed by atoms with van der Waals surface area (Å²) in [7, 11) is 0. The minimum Gasteiger partial charge on any atom is -0.439 e. The van der Waals surface area contributed by atoms with E-state index >= 15 is 0 Å². The van der Waals surface area contributed by atoms with Gasteiger partial charge >= 0.3 is 12.1 Å². The van der Waals surface area contributed by atoms with Crippen LogP contribution in [0.3, 0.4) is 0 Å². The molecule has 3 heterocycles. The summed E-state index contributed by atoms with van der Waals surface area (Å²) in [6, 6.07) is 5.56. The number of hydrogen-bond acceptors (Lipinski definition) is 7. The highest BCUT2D eigenvalue weighted by atomic mass is 19.1. The zero-order valence-corrected chi connectivity index (χ0v) is 14.3. The molecule has 1 aromatic carbocycles. The van der Waals surface area contributed by atoms with E-state index in [0.29, 0.717) is 10.6 Å². The Labute approximate surface area is 160 Å². The Morgan fingerprint density at radius 1 is 0.862 bits per heavy atom. The first-order chi connectivity index (χ1) is 13.8. The Morgan fingerprint density at radius 3 is 2.07 bits per heavy atom. The van der Waals surface area contributed by atoms with Crippen LogP contribution in [0.2, 0.25) is 0 Å². The predicted octanol–water partition coefficient (Wildman–Crippen LogP) is 0.174. The molecule has 146 valence electrons. The SMILES string of the molecule is O=C1NC(=O)C2(C(=O)N1)C(=O)NC(=O)N2c1ccc(Oc2ccc(F)cc2)nc1. The molecule has 1 aromatic heterocycles. The van der Waals surface area contributed by atoms with Crippen LogP contribution in [0.4, 0.5) is 19.7 Å². The summed E-state index contributed by atoms with van der Waals surface area (Å²) in [4.78, 5) is 65.3. The van der Waals surface area contributed by atoms with Crippen LogP contribution in [-0.2, 0) is 14.4 Å². The number of carbonyl (C=O) groups is 5. The number of amides is 7. The quantitative estimate of drug-likeness (QED) is 0.493. The number of anilines is 1. The summed E-state index contributed by atoms with van der Waals surface area (Å²) in [5, 5.41) is 5.48. The van der Waals surface area contributed by atoms with Gasteiger partial charge in [0.25, 0.3) is 23.3 Å². The lowest BCUT2D eigenvalue weighted by molar-refractivity contribution is -0.143. The third-order valence-corrected chi connectivity index (χ3v) is 4.21. The Bertz CT molecular complexity index is 1050. The van der Waals surface area contributed by atoms with E-state index < -0.39 is 41.1 Å². The number of aromatic nitrogens is 1. The first-order valence-corrected chi connectivity index (χ1v) is 8.04. The van der Waals surface area contributed by atoms with Gasteiger partial charge in [0.15, 0.2) is 0 Å². The Hall–Kier alpha value is -4.35. The molecular formula is C17H10FN5O6. The molecule has 0 aliphatic carbocycles. The van der Waals surface area contributed by atoms with Crippen molar-refractivity contribution in [2.45, 2.75) is 5.54 Å². The molecule has 0 unspecified atom stereocenters. The first-order valence-electron chi connectivity index (χ1n) is 8.04. The van der Waals surface area contributed by atoms with Crippen molar-refractivity contribution in [3.63, 3.8) is 0 Å². The number of nitrogens with one attached hydrogen (secondary N) is 3. The molecule has 2 saturated heterocycles. The zero-order valence-electron chi connectivity index (χ0n) is 14.3. The molecule has 0 bridgehead atoms. The third kappa shape index (κ3) is 2.74. The number of benzene rings is 1. The number of rotatable bonds is 3. The van der Waals surface area contributed by atoms with Crippen molar-refractivity contribution in [3.05, 3.63) is 48.4 Å². The van der Waals surface area contributed by atoms with Gasteiger partial charge in [0.05, 0.1) is 11.9 Å². The molecular weight excluding hydrogens is 389 g/mol. The van der Waals surface area contributed by atoms with Gasteiger partial charge in [0, 0.05) is 6.07 Å². The van der Waals surface area contributed by atoms with Gasteiger partial charge in [0.1, 0.15) is 11.6 Å². The van der Waals surface area contributed by atoms with E-state index in [-0.39, 0.29) is 11.6 Å². The number of barbiturate groups is 1. The minimum absolute atomic E-state index is 0.0630. The largest absolute Gasteiger partial charge is 0.439 e. The maximum absolute atomic E-state index is 13.0. The molecule has 2 aliphatic heterocycles. The van der Waals surface area contributed by atoms with Gasteiger partial charge in [-0.2, -0.15) is 0 Å². The lowest BCUT2D eigenvalue weighted by Gasteiger charge is -2.34. The monoisotopic (exact) mass is 399 g/mol. The summed E-state index contributed by atoms with van der Waals surface area (Å²) in [6.45, 7) is 0. The molecule has 0 radical (unpaired) electrons. The van der Waals surface area contributed by atoms with Gasteiger partial charge in [-0.3, -0.25) is 35.2 Å². The summed E-state index contributed by atoms with van der Waals surface area (Å²) in [5.74, 6) is -3.85. The number of urea groups is 2. The summed E-state index contributed by atoms with van der Waals surface area (Å²) >= 11 is 0. The topological polar surface area (TPSA) is 147 Å². The van der Waals surface area contributed by atoms with Gasteiger partial charge in [-0.1, -0.05) is 0 Å². The van der Waals surface area contributed by atoms with Gasteiger partial charge in [-0.25, -0.2) is 19.0 Å². The van der Waals surface area contributed by atoms with Crippen LogP contribution >= 0.6 is 0 Å². The van der Waals surface area contributed by atoms with Crippen LogP contribution in [0, 0.1) is 5.82 Å². The average Bonchev–Trinajstić information content (AvgIpc) is 2.94. The third-order valence-electron chi connectivity index (χ3n) is 4.21. The van der Waals surface area contributed by atoms with Gasteiger partial charge < -0.3 is 4.74 Å².